The molecule has 0 aromatic heterocycles. The van der Waals surface area contributed by atoms with E-state index in [4.69, 9.17) is 9.47 Å². The predicted octanol–water partition coefficient (Wildman–Crippen LogP) is 8.66. The van der Waals surface area contributed by atoms with Gasteiger partial charge < -0.3 is 24.4 Å². The van der Waals surface area contributed by atoms with Crippen LogP contribution in [-0.4, -0.2) is 40.4 Å². The molecule has 0 saturated carbocycles. The number of hydrogen-bond donors (Lipinski definition) is 2. The Labute approximate surface area is 318 Å². The van der Waals surface area contributed by atoms with Gasteiger partial charge in [0, 0.05) is 25.3 Å². The molecule has 282 valence electrons. The summed E-state index contributed by atoms with van der Waals surface area (Å²) in [6, 6.07) is 40.3. The smallest absolute Gasteiger partial charge is 0.406 e. The fraction of sp³-hybridized carbons (Fsp3) is 0.256. The van der Waals surface area contributed by atoms with Gasteiger partial charge in [0.2, 0.25) is 10.0 Å². The van der Waals surface area contributed by atoms with Crippen molar-refractivity contribution in [2.45, 2.75) is 46.2 Å². The molecule has 5 aromatic carbocycles. The Morgan fingerprint density at radius 3 is 1.87 bits per heavy atom. The topological polar surface area (TPSA) is 123 Å². The molecular weight excluding hydrogens is 703 g/mol. The quantitative estimate of drug-likeness (QED) is 0.0550. The van der Waals surface area contributed by atoms with Crippen LogP contribution in [0.25, 0.3) is 0 Å². The molecule has 1 atom stereocenters. The Bertz CT molecular complexity index is 2090. The van der Waals surface area contributed by atoms with Gasteiger partial charge in [-0.05, 0) is 104 Å². The highest BCUT2D eigenvalue weighted by Crippen LogP contribution is 2.33. The van der Waals surface area contributed by atoms with Crippen molar-refractivity contribution in [1.29, 1.82) is 0 Å². The molecule has 0 heterocycles. The van der Waals surface area contributed by atoms with E-state index in [0.29, 0.717) is 61.8 Å². The zero-order valence-corrected chi connectivity index (χ0v) is 31.9. The molecule has 0 fully saturated rings. The lowest BCUT2D eigenvalue weighted by atomic mass is 9.79. The monoisotopic (exact) mass is 749 g/mol. The number of rotatable bonds is 17. The maximum absolute atomic E-state index is 13.6. The van der Waals surface area contributed by atoms with Crippen molar-refractivity contribution in [1.82, 2.24) is 5.32 Å². The number of methoxy groups -OCH3 is 1. The van der Waals surface area contributed by atoms with Crippen molar-refractivity contribution in [2.24, 2.45) is 5.41 Å². The zero-order chi connectivity index (χ0) is 38.6. The van der Waals surface area contributed by atoms with E-state index in [1.807, 2.05) is 98.8 Å². The summed E-state index contributed by atoms with van der Waals surface area (Å²) in [5.74, 6) is 1.27. The van der Waals surface area contributed by atoms with Crippen LogP contribution in [0.3, 0.4) is 0 Å². The number of ether oxygens (including phenoxy) is 3. The SMILES string of the molecule is COC(=O)NCCCC(C)(Cc1ccccc1)C(=O)Oc1ccc(Oc2ccc(CN(Cc3ccccc3)c3cccc(NS(C)(=O)=O)c3C)cc2)cc1. The summed E-state index contributed by atoms with van der Waals surface area (Å²) in [4.78, 5) is 27.3. The lowest BCUT2D eigenvalue weighted by molar-refractivity contribution is -0.145. The molecule has 0 saturated heterocycles. The molecule has 0 aliphatic heterocycles. The Balaban J connectivity index is 1.24. The highest BCUT2D eigenvalue weighted by molar-refractivity contribution is 7.92. The first-order valence-electron chi connectivity index (χ1n) is 17.7. The first-order chi connectivity index (χ1) is 25.9. The van der Waals surface area contributed by atoms with Gasteiger partial charge in [-0.25, -0.2) is 13.2 Å². The minimum absolute atomic E-state index is 0.358. The predicted molar refractivity (Wildman–Crippen MR) is 212 cm³/mol. The van der Waals surface area contributed by atoms with Crippen molar-refractivity contribution in [3.05, 3.63) is 150 Å². The van der Waals surface area contributed by atoms with Crippen LogP contribution in [0, 0.1) is 12.3 Å². The zero-order valence-electron chi connectivity index (χ0n) is 31.1. The first kappa shape index (κ1) is 39.4. The van der Waals surface area contributed by atoms with E-state index in [2.05, 4.69) is 31.8 Å². The molecule has 10 nitrogen and oxygen atoms in total. The van der Waals surface area contributed by atoms with Crippen LogP contribution >= 0.6 is 0 Å². The van der Waals surface area contributed by atoms with E-state index in [1.165, 1.54) is 7.11 Å². The Hall–Kier alpha value is -5.81. The molecule has 11 heteroatoms. The fourth-order valence-corrected chi connectivity index (χ4v) is 6.80. The normalized spacial score (nSPS) is 12.2. The average Bonchev–Trinajstić information content (AvgIpc) is 3.16. The molecule has 0 aliphatic carbocycles. The van der Waals surface area contributed by atoms with Crippen LogP contribution in [-0.2, 0) is 39.1 Å². The molecular formula is C43H47N3O7S. The Kier molecular flexibility index (Phi) is 13.3. The highest BCUT2D eigenvalue weighted by Gasteiger charge is 2.35. The van der Waals surface area contributed by atoms with Gasteiger partial charge in [-0.2, -0.15) is 0 Å². The van der Waals surface area contributed by atoms with Crippen LogP contribution in [0.4, 0.5) is 16.2 Å². The average molecular weight is 750 g/mol. The minimum atomic E-state index is -3.44. The van der Waals surface area contributed by atoms with E-state index in [-0.39, 0.29) is 5.97 Å². The van der Waals surface area contributed by atoms with Crippen LogP contribution in [0.15, 0.2) is 127 Å². The number of amides is 1. The maximum Gasteiger partial charge on any atom is 0.406 e. The molecule has 0 spiro atoms. The third-order valence-corrected chi connectivity index (χ3v) is 9.60. The van der Waals surface area contributed by atoms with E-state index in [0.717, 1.165) is 34.2 Å². The van der Waals surface area contributed by atoms with Crippen molar-refractivity contribution in [3.63, 3.8) is 0 Å². The highest BCUT2D eigenvalue weighted by atomic mass is 32.2. The number of nitrogens with one attached hydrogen (secondary N) is 2. The molecule has 2 N–H and O–H groups in total. The van der Waals surface area contributed by atoms with Gasteiger partial charge in [-0.15, -0.1) is 0 Å². The summed E-state index contributed by atoms with van der Waals surface area (Å²) in [6.45, 7) is 5.38. The molecule has 0 bridgehead atoms. The van der Waals surface area contributed by atoms with Crippen molar-refractivity contribution >= 4 is 33.5 Å². The van der Waals surface area contributed by atoms with Gasteiger partial charge in [-0.3, -0.25) is 9.52 Å². The summed E-state index contributed by atoms with van der Waals surface area (Å²) in [7, 11) is -2.13. The van der Waals surface area contributed by atoms with Crippen molar-refractivity contribution in [3.8, 4) is 17.2 Å². The summed E-state index contributed by atoms with van der Waals surface area (Å²) < 4.78 is 43.4. The van der Waals surface area contributed by atoms with E-state index < -0.39 is 21.5 Å². The molecule has 5 aromatic rings. The second kappa shape index (κ2) is 18.3. The summed E-state index contributed by atoms with van der Waals surface area (Å²) in [5.41, 5.74) is 4.65. The fourth-order valence-electron chi connectivity index (χ4n) is 6.18. The number of benzene rings is 5. The van der Waals surface area contributed by atoms with Gasteiger partial charge in [0.15, 0.2) is 0 Å². The van der Waals surface area contributed by atoms with E-state index in [9.17, 15) is 18.0 Å². The lowest BCUT2D eigenvalue weighted by Gasteiger charge is -2.28. The summed E-state index contributed by atoms with van der Waals surface area (Å²) in [5, 5.41) is 2.67. The number of anilines is 2. The van der Waals surface area contributed by atoms with Crippen molar-refractivity contribution < 1.29 is 32.2 Å². The number of nitrogens with zero attached hydrogens (tertiary/aromatic N) is 1. The minimum Gasteiger partial charge on any atom is -0.457 e. The van der Waals surface area contributed by atoms with Gasteiger partial charge in [0.1, 0.15) is 17.2 Å². The number of hydrogen-bond acceptors (Lipinski definition) is 8. The van der Waals surface area contributed by atoms with E-state index in [1.54, 1.807) is 30.3 Å². The Morgan fingerprint density at radius 2 is 1.28 bits per heavy atom. The standard InChI is InChI=1S/C43H47N3O7S/c1-32-39(45-54(4,49)50)17-11-18-40(32)46(30-34-15-9-6-10-16-34)31-35-19-21-36(22-20-35)52-37-23-25-38(26-24-37)53-41(47)43(2,27-12-28-44-42(48)51-3)29-33-13-7-5-8-14-33/h5-11,13-26,45H,12,27-31H2,1-4H3,(H,44,48). The summed E-state index contributed by atoms with van der Waals surface area (Å²) in [6.07, 6.45) is 2.19. The van der Waals surface area contributed by atoms with Gasteiger partial charge in [-0.1, -0.05) is 78.9 Å². The van der Waals surface area contributed by atoms with Gasteiger partial charge >= 0.3 is 12.1 Å². The first-order valence-corrected chi connectivity index (χ1v) is 19.6. The summed E-state index contributed by atoms with van der Waals surface area (Å²) >= 11 is 0. The second-order valence-electron chi connectivity index (χ2n) is 13.5. The molecule has 1 amide bonds. The largest absolute Gasteiger partial charge is 0.457 e. The van der Waals surface area contributed by atoms with Crippen LogP contribution in [0.1, 0.15) is 42.0 Å². The van der Waals surface area contributed by atoms with Gasteiger partial charge in [0.05, 0.1) is 24.5 Å². The number of carbonyl (C=O) groups is 2. The third-order valence-electron chi connectivity index (χ3n) is 9.01. The lowest BCUT2D eigenvalue weighted by Crippen LogP contribution is -2.35. The molecule has 54 heavy (non-hydrogen) atoms. The molecule has 5 rings (SSSR count). The van der Waals surface area contributed by atoms with E-state index >= 15 is 0 Å². The second-order valence-corrected chi connectivity index (χ2v) is 15.3. The maximum atomic E-state index is 13.6. The number of sulfonamides is 1. The number of carbonyl (C=O) groups excluding carboxylic acids is 2. The number of alkyl carbamates (subject to hydrolysis) is 1. The van der Waals surface area contributed by atoms with Crippen LogP contribution in [0.2, 0.25) is 0 Å². The van der Waals surface area contributed by atoms with Gasteiger partial charge in [0.25, 0.3) is 0 Å². The number of esters is 1. The third kappa shape index (κ3) is 11.6. The van der Waals surface area contributed by atoms with Crippen molar-refractivity contribution in [2.75, 3.05) is 29.5 Å². The Morgan fingerprint density at radius 1 is 0.722 bits per heavy atom. The molecule has 0 radical (unpaired) electrons. The van der Waals surface area contributed by atoms with Crippen LogP contribution < -0.4 is 24.4 Å². The van der Waals surface area contributed by atoms with Crippen LogP contribution in [0.5, 0.6) is 17.2 Å². The molecule has 1 unspecified atom stereocenters. The molecule has 0 aliphatic rings.